The average Bonchev–Trinajstić information content (AvgIpc) is 2.57. The number of rotatable bonds is 4. The topological polar surface area (TPSA) is 44.1 Å². The zero-order valence-corrected chi connectivity index (χ0v) is 14.4. The number of nitriles is 1. The minimum atomic E-state index is -0.170. The molecule has 0 heterocycles. The van der Waals surface area contributed by atoms with E-state index < -0.39 is 0 Å². The summed E-state index contributed by atoms with van der Waals surface area (Å²) < 4.78 is 0. The first-order valence-electron chi connectivity index (χ1n) is 7.24. The number of halogens is 2. The maximum atomic E-state index is 12.8. The molecule has 118 valence electrons. The van der Waals surface area contributed by atoms with Crippen LogP contribution in [0.1, 0.15) is 41.4 Å². The van der Waals surface area contributed by atoms with Crippen LogP contribution in [0.2, 0.25) is 10.0 Å². The van der Waals surface area contributed by atoms with E-state index in [0.29, 0.717) is 22.7 Å². The van der Waals surface area contributed by atoms with Gasteiger partial charge in [-0.2, -0.15) is 5.26 Å². The molecule has 2 rings (SSSR count). The first-order chi connectivity index (χ1) is 11.0. The minimum absolute atomic E-state index is 0.143. The highest BCUT2D eigenvalue weighted by Crippen LogP contribution is 2.29. The number of benzene rings is 2. The zero-order valence-electron chi connectivity index (χ0n) is 12.9. The number of amides is 1. The van der Waals surface area contributed by atoms with Crippen molar-refractivity contribution >= 4 is 29.1 Å². The van der Waals surface area contributed by atoms with Gasteiger partial charge in [-0.15, -0.1) is 0 Å². The Morgan fingerprint density at radius 1 is 1.22 bits per heavy atom. The predicted molar refractivity (Wildman–Crippen MR) is 92.7 cm³/mol. The third-order valence-corrected chi connectivity index (χ3v) is 4.59. The molecule has 1 amide bonds. The molecule has 5 heteroatoms. The Bertz CT molecular complexity index is 751. The van der Waals surface area contributed by atoms with Crippen LogP contribution < -0.4 is 0 Å². The highest BCUT2D eigenvalue weighted by Gasteiger charge is 2.23. The van der Waals surface area contributed by atoms with E-state index in [4.69, 9.17) is 28.5 Å². The van der Waals surface area contributed by atoms with Crippen LogP contribution in [0.3, 0.4) is 0 Å². The smallest absolute Gasteiger partial charge is 0.255 e. The molecule has 0 saturated carbocycles. The molecular formula is C18H16Cl2N2O. The molecule has 1 unspecified atom stereocenters. The summed E-state index contributed by atoms with van der Waals surface area (Å²) in [6.45, 7) is 4.39. The SMILES string of the molecule is CCN(C(=O)c1cccc(Cl)c1Cl)C(C)c1ccc(C#N)cc1. The van der Waals surface area contributed by atoms with Crippen molar-refractivity contribution in [2.24, 2.45) is 0 Å². The van der Waals surface area contributed by atoms with Gasteiger partial charge < -0.3 is 4.90 Å². The Hall–Kier alpha value is -2.02. The number of carbonyl (C=O) groups excluding carboxylic acids is 1. The van der Waals surface area contributed by atoms with Crippen molar-refractivity contribution in [3.8, 4) is 6.07 Å². The van der Waals surface area contributed by atoms with Crippen LogP contribution in [0.5, 0.6) is 0 Å². The van der Waals surface area contributed by atoms with Crippen LogP contribution in [0.25, 0.3) is 0 Å². The fourth-order valence-electron chi connectivity index (χ4n) is 2.43. The summed E-state index contributed by atoms with van der Waals surface area (Å²) in [4.78, 5) is 14.5. The van der Waals surface area contributed by atoms with Crippen molar-refractivity contribution in [2.45, 2.75) is 19.9 Å². The second kappa shape index (κ2) is 7.50. The van der Waals surface area contributed by atoms with Crippen molar-refractivity contribution in [3.05, 3.63) is 69.2 Å². The van der Waals surface area contributed by atoms with Crippen molar-refractivity contribution in [1.29, 1.82) is 5.26 Å². The van der Waals surface area contributed by atoms with Gasteiger partial charge in [0.2, 0.25) is 0 Å². The number of hydrogen-bond donors (Lipinski definition) is 0. The molecule has 0 fully saturated rings. The maximum Gasteiger partial charge on any atom is 0.255 e. The Morgan fingerprint density at radius 3 is 2.43 bits per heavy atom. The molecule has 3 nitrogen and oxygen atoms in total. The number of carbonyl (C=O) groups is 1. The molecule has 0 bridgehead atoms. The number of nitrogens with zero attached hydrogens (tertiary/aromatic N) is 2. The largest absolute Gasteiger partial charge is 0.332 e. The molecule has 1 atom stereocenters. The van der Waals surface area contributed by atoms with Crippen LogP contribution in [0, 0.1) is 11.3 Å². The highest BCUT2D eigenvalue weighted by atomic mass is 35.5. The molecule has 0 aliphatic heterocycles. The summed E-state index contributed by atoms with van der Waals surface area (Å²) in [5.74, 6) is -0.170. The van der Waals surface area contributed by atoms with E-state index in [0.717, 1.165) is 5.56 Å². The first-order valence-corrected chi connectivity index (χ1v) is 8.00. The standard InChI is InChI=1S/C18H16Cl2N2O/c1-3-22(12(2)14-9-7-13(11-21)8-10-14)18(23)15-5-4-6-16(19)17(15)20/h4-10,12H,3H2,1-2H3. The summed E-state index contributed by atoms with van der Waals surface area (Å²) in [5.41, 5.74) is 1.94. The van der Waals surface area contributed by atoms with E-state index >= 15 is 0 Å². The van der Waals surface area contributed by atoms with E-state index in [9.17, 15) is 4.79 Å². The third-order valence-electron chi connectivity index (χ3n) is 3.77. The van der Waals surface area contributed by atoms with Crippen molar-refractivity contribution in [1.82, 2.24) is 4.90 Å². The van der Waals surface area contributed by atoms with Crippen LogP contribution >= 0.6 is 23.2 Å². The molecule has 0 radical (unpaired) electrons. The predicted octanol–water partition coefficient (Wildman–Crippen LogP) is 5.09. The molecule has 0 N–H and O–H groups in total. The second-order valence-corrected chi connectivity index (χ2v) is 5.89. The second-order valence-electron chi connectivity index (χ2n) is 5.10. The van der Waals surface area contributed by atoms with Crippen molar-refractivity contribution in [3.63, 3.8) is 0 Å². The first kappa shape index (κ1) is 17.3. The van der Waals surface area contributed by atoms with Crippen molar-refractivity contribution < 1.29 is 4.79 Å². The Balaban J connectivity index is 2.32. The Morgan fingerprint density at radius 2 is 1.87 bits per heavy atom. The minimum Gasteiger partial charge on any atom is -0.332 e. The zero-order chi connectivity index (χ0) is 17.0. The average molecular weight is 347 g/mol. The molecule has 0 aliphatic carbocycles. The Kier molecular flexibility index (Phi) is 5.65. The lowest BCUT2D eigenvalue weighted by molar-refractivity contribution is 0.0702. The molecule has 0 aromatic heterocycles. The van der Waals surface area contributed by atoms with E-state index in [1.54, 1.807) is 35.2 Å². The molecule has 0 saturated heterocycles. The van der Waals surface area contributed by atoms with Crippen LogP contribution in [0.4, 0.5) is 0 Å². The van der Waals surface area contributed by atoms with E-state index in [1.165, 1.54) is 0 Å². The monoisotopic (exact) mass is 346 g/mol. The normalized spacial score (nSPS) is 11.6. The van der Waals surface area contributed by atoms with Gasteiger partial charge in [0.25, 0.3) is 5.91 Å². The summed E-state index contributed by atoms with van der Waals surface area (Å²) in [6, 6.07) is 14.2. The Labute approximate surface area is 146 Å². The van der Waals surface area contributed by atoms with Crippen LogP contribution in [0.15, 0.2) is 42.5 Å². The van der Waals surface area contributed by atoms with Gasteiger partial charge in [-0.1, -0.05) is 41.4 Å². The quantitative estimate of drug-likeness (QED) is 0.773. The van der Waals surface area contributed by atoms with Crippen LogP contribution in [-0.2, 0) is 0 Å². The third kappa shape index (κ3) is 3.67. The lowest BCUT2D eigenvalue weighted by Crippen LogP contribution is -2.33. The maximum absolute atomic E-state index is 12.8. The van der Waals surface area contributed by atoms with Gasteiger partial charge in [0.05, 0.1) is 33.3 Å². The summed E-state index contributed by atoms with van der Waals surface area (Å²) in [5, 5.41) is 9.50. The lowest BCUT2D eigenvalue weighted by Gasteiger charge is -2.29. The van der Waals surface area contributed by atoms with Gasteiger partial charge in [-0.25, -0.2) is 0 Å². The van der Waals surface area contributed by atoms with Crippen molar-refractivity contribution in [2.75, 3.05) is 6.54 Å². The molecule has 2 aromatic rings. The van der Waals surface area contributed by atoms with Crippen LogP contribution in [-0.4, -0.2) is 17.4 Å². The van der Waals surface area contributed by atoms with Gasteiger partial charge in [0, 0.05) is 6.54 Å². The summed E-state index contributed by atoms with van der Waals surface area (Å²) in [6.07, 6.45) is 0. The molecule has 0 spiro atoms. The fourth-order valence-corrected chi connectivity index (χ4v) is 2.81. The lowest BCUT2D eigenvalue weighted by atomic mass is 10.0. The molecule has 0 aliphatic rings. The van der Waals surface area contributed by atoms with E-state index in [1.807, 2.05) is 26.0 Å². The van der Waals surface area contributed by atoms with Gasteiger partial charge in [-0.3, -0.25) is 4.79 Å². The molecular weight excluding hydrogens is 331 g/mol. The van der Waals surface area contributed by atoms with Gasteiger partial charge in [0.15, 0.2) is 0 Å². The van der Waals surface area contributed by atoms with E-state index in [2.05, 4.69) is 6.07 Å². The number of hydrogen-bond acceptors (Lipinski definition) is 2. The van der Waals surface area contributed by atoms with Gasteiger partial charge in [0.1, 0.15) is 0 Å². The molecule has 2 aromatic carbocycles. The van der Waals surface area contributed by atoms with Gasteiger partial charge >= 0.3 is 0 Å². The summed E-state index contributed by atoms with van der Waals surface area (Å²) >= 11 is 12.2. The summed E-state index contributed by atoms with van der Waals surface area (Å²) in [7, 11) is 0. The fraction of sp³-hybridized carbons (Fsp3) is 0.222. The van der Waals surface area contributed by atoms with Gasteiger partial charge in [-0.05, 0) is 43.7 Å². The molecule has 23 heavy (non-hydrogen) atoms. The van der Waals surface area contributed by atoms with E-state index in [-0.39, 0.29) is 17.0 Å². The highest BCUT2D eigenvalue weighted by molar-refractivity contribution is 6.43.